The zero-order chi connectivity index (χ0) is 15.7. The smallest absolute Gasteiger partial charge is 0.202 e. The molecule has 1 fully saturated rings. The van der Waals surface area contributed by atoms with E-state index >= 15 is 0 Å². The van der Waals surface area contributed by atoms with Crippen molar-refractivity contribution in [1.82, 2.24) is 14.3 Å². The minimum atomic E-state index is -0.218. The maximum atomic E-state index is 9.80. The Morgan fingerprint density at radius 3 is 2.95 bits per heavy atom. The minimum absolute atomic E-state index is 0.218. The Morgan fingerprint density at radius 2 is 2.23 bits per heavy atom. The van der Waals surface area contributed by atoms with Crippen LogP contribution in [0.15, 0.2) is 24.3 Å². The lowest BCUT2D eigenvalue weighted by atomic mass is 10.1. The summed E-state index contributed by atoms with van der Waals surface area (Å²) in [5.41, 5.74) is 0.880. The highest BCUT2D eigenvalue weighted by Gasteiger charge is 2.22. The van der Waals surface area contributed by atoms with Gasteiger partial charge in [-0.1, -0.05) is 23.7 Å². The SMILES string of the molecule is Cn1c(-c2ccccc2Cl)nn(C[NH+]2CCC[C@H](O)C2)c1=S. The van der Waals surface area contributed by atoms with E-state index < -0.39 is 0 Å². The van der Waals surface area contributed by atoms with Gasteiger partial charge in [-0.2, -0.15) is 4.68 Å². The van der Waals surface area contributed by atoms with Gasteiger partial charge in [0.1, 0.15) is 12.6 Å². The monoisotopic (exact) mass is 339 g/mol. The van der Waals surface area contributed by atoms with E-state index in [9.17, 15) is 5.11 Å². The van der Waals surface area contributed by atoms with E-state index in [2.05, 4.69) is 5.10 Å². The molecule has 7 heteroatoms. The van der Waals surface area contributed by atoms with Gasteiger partial charge in [0.15, 0.2) is 12.5 Å². The molecule has 0 spiro atoms. The van der Waals surface area contributed by atoms with Gasteiger partial charge in [0.25, 0.3) is 0 Å². The summed E-state index contributed by atoms with van der Waals surface area (Å²) in [4.78, 5) is 1.30. The fraction of sp³-hybridized carbons (Fsp3) is 0.467. The first-order valence-corrected chi connectivity index (χ1v) is 8.25. The number of nitrogens with one attached hydrogen (secondary N) is 1. The van der Waals surface area contributed by atoms with Crippen molar-refractivity contribution in [1.29, 1.82) is 0 Å². The maximum Gasteiger partial charge on any atom is 0.202 e. The van der Waals surface area contributed by atoms with Crippen molar-refractivity contribution < 1.29 is 10.0 Å². The fourth-order valence-electron chi connectivity index (χ4n) is 2.95. The number of hydrogen-bond acceptors (Lipinski definition) is 3. The van der Waals surface area contributed by atoms with Gasteiger partial charge in [0.05, 0.1) is 11.6 Å². The van der Waals surface area contributed by atoms with Crippen LogP contribution in [0, 0.1) is 4.77 Å². The van der Waals surface area contributed by atoms with Crippen LogP contribution in [0.2, 0.25) is 5.02 Å². The van der Waals surface area contributed by atoms with Crippen LogP contribution in [0.4, 0.5) is 0 Å². The molecule has 1 aromatic heterocycles. The predicted octanol–water partition coefficient (Wildman–Crippen LogP) is 1.27. The largest absolute Gasteiger partial charge is 0.387 e. The van der Waals surface area contributed by atoms with Gasteiger partial charge in [-0.05, 0) is 37.2 Å². The Labute approximate surface area is 139 Å². The quantitative estimate of drug-likeness (QED) is 0.828. The van der Waals surface area contributed by atoms with Gasteiger partial charge in [-0.15, -0.1) is 5.10 Å². The summed E-state index contributed by atoms with van der Waals surface area (Å²) in [5, 5.41) is 15.1. The molecule has 3 rings (SSSR count). The molecular formula is C15H20ClN4OS+. The molecule has 0 saturated carbocycles. The molecule has 0 radical (unpaired) electrons. The number of aromatic nitrogens is 3. The Bertz CT molecular complexity index is 727. The molecule has 2 heterocycles. The normalized spacial score (nSPS) is 22.0. The zero-order valence-electron chi connectivity index (χ0n) is 12.5. The number of hydrogen-bond donors (Lipinski definition) is 2. The highest BCUT2D eigenvalue weighted by atomic mass is 35.5. The molecule has 2 atom stereocenters. The number of aliphatic hydroxyl groups is 1. The van der Waals surface area contributed by atoms with E-state index in [1.807, 2.05) is 40.6 Å². The first-order chi connectivity index (χ1) is 10.6. The number of halogens is 1. The Hall–Kier alpha value is -1.21. The molecule has 2 aromatic rings. The average molecular weight is 340 g/mol. The van der Waals surface area contributed by atoms with E-state index in [4.69, 9.17) is 23.8 Å². The highest BCUT2D eigenvalue weighted by molar-refractivity contribution is 7.71. The van der Waals surface area contributed by atoms with Crippen molar-refractivity contribution in [2.45, 2.75) is 25.6 Å². The van der Waals surface area contributed by atoms with Gasteiger partial charge < -0.3 is 14.6 Å². The number of nitrogens with zero attached hydrogens (tertiary/aromatic N) is 3. The number of benzene rings is 1. The molecule has 0 aliphatic carbocycles. The Balaban J connectivity index is 1.90. The topological polar surface area (TPSA) is 47.4 Å². The van der Waals surface area contributed by atoms with Crippen LogP contribution in [0.25, 0.3) is 11.4 Å². The minimum Gasteiger partial charge on any atom is -0.387 e. The molecule has 5 nitrogen and oxygen atoms in total. The molecule has 0 bridgehead atoms. The van der Waals surface area contributed by atoms with Crippen molar-refractivity contribution in [3.8, 4) is 11.4 Å². The van der Waals surface area contributed by atoms with E-state index in [0.717, 1.165) is 37.3 Å². The second kappa shape index (κ2) is 6.50. The van der Waals surface area contributed by atoms with Crippen LogP contribution in [-0.2, 0) is 13.7 Å². The Kier molecular flexibility index (Phi) is 4.63. The Morgan fingerprint density at radius 1 is 1.45 bits per heavy atom. The molecule has 1 aliphatic rings. The average Bonchev–Trinajstić information content (AvgIpc) is 2.76. The first kappa shape index (κ1) is 15.7. The van der Waals surface area contributed by atoms with Gasteiger partial charge in [-0.3, -0.25) is 0 Å². The molecule has 118 valence electrons. The van der Waals surface area contributed by atoms with E-state index in [1.54, 1.807) is 0 Å². The summed E-state index contributed by atoms with van der Waals surface area (Å²) in [7, 11) is 1.91. The lowest BCUT2D eigenvalue weighted by Crippen LogP contribution is -3.13. The second-order valence-corrected chi connectivity index (χ2v) is 6.58. The third-order valence-electron chi connectivity index (χ3n) is 4.12. The summed E-state index contributed by atoms with van der Waals surface area (Å²) < 4.78 is 4.39. The summed E-state index contributed by atoms with van der Waals surface area (Å²) in [6, 6.07) is 7.64. The van der Waals surface area contributed by atoms with Crippen LogP contribution in [0.5, 0.6) is 0 Å². The lowest BCUT2D eigenvalue weighted by Gasteiger charge is -2.26. The lowest BCUT2D eigenvalue weighted by molar-refractivity contribution is -0.931. The van der Waals surface area contributed by atoms with Gasteiger partial charge >= 0.3 is 0 Å². The number of quaternary nitrogens is 1. The molecule has 1 aromatic carbocycles. The molecule has 1 aliphatic heterocycles. The van der Waals surface area contributed by atoms with E-state index in [1.165, 1.54) is 4.90 Å². The summed E-state index contributed by atoms with van der Waals surface area (Å²) in [6.45, 7) is 2.46. The van der Waals surface area contributed by atoms with Crippen LogP contribution >= 0.6 is 23.8 Å². The predicted molar refractivity (Wildman–Crippen MR) is 88.4 cm³/mol. The van der Waals surface area contributed by atoms with Crippen molar-refractivity contribution in [2.24, 2.45) is 7.05 Å². The summed E-state index contributed by atoms with van der Waals surface area (Å²) >= 11 is 11.8. The van der Waals surface area contributed by atoms with Crippen molar-refractivity contribution in [3.05, 3.63) is 34.1 Å². The first-order valence-electron chi connectivity index (χ1n) is 7.46. The molecular weight excluding hydrogens is 320 g/mol. The van der Waals surface area contributed by atoms with Crippen LogP contribution in [0.3, 0.4) is 0 Å². The van der Waals surface area contributed by atoms with E-state index in [0.29, 0.717) is 16.5 Å². The van der Waals surface area contributed by atoms with Crippen molar-refractivity contribution >= 4 is 23.8 Å². The maximum absolute atomic E-state index is 9.80. The molecule has 2 N–H and O–H groups in total. The standard InChI is InChI=1S/C15H19ClN4OS/c1-18-14(12-6-2-3-7-13(12)16)17-20(15(18)22)10-19-8-4-5-11(21)9-19/h2-3,6-7,11,21H,4-5,8-10H2,1H3/p+1/t11-/m0/s1. The molecule has 0 amide bonds. The highest BCUT2D eigenvalue weighted by Crippen LogP contribution is 2.25. The fourth-order valence-corrected chi connectivity index (χ4v) is 3.36. The van der Waals surface area contributed by atoms with E-state index in [-0.39, 0.29) is 6.10 Å². The number of likely N-dealkylation sites (tertiary alicyclic amines) is 1. The van der Waals surface area contributed by atoms with Crippen LogP contribution < -0.4 is 4.90 Å². The van der Waals surface area contributed by atoms with Gasteiger partial charge in [-0.25, -0.2) is 0 Å². The number of aliphatic hydroxyl groups excluding tert-OH is 1. The van der Waals surface area contributed by atoms with Crippen molar-refractivity contribution in [3.63, 3.8) is 0 Å². The third-order valence-corrected chi connectivity index (χ3v) is 4.94. The van der Waals surface area contributed by atoms with Gasteiger partial charge in [0, 0.05) is 12.6 Å². The third kappa shape index (κ3) is 3.10. The molecule has 1 saturated heterocycles. The second-order valence-electron chi connectivity index (χ2n) is 5.80. The van der Waals surface area contributed by atoms with Crippen molar-refractivity contribution in [2.75, 3.05) is 13.1 Å². The summed E-state index contributed by atoms with van der Waals surface area (Å²) in [6.07, 6.45) is 1.71. The number of rotatable bonds is 3. The molecule has 22 heavy (non-hydrogen) atoms. The van der Waals surface area contributed by atoms with Gasteiger partial charge in [0.2, 0.25) is 4.77 Å². The summed E-state index contributed by atoms with van der Waals surface area (Å²) in [5.74, 6) is 0.771. The molecule has 1 unspecified atom stereocenters. The van der Waals surface area contributed by atoms with Crippen LogP contribution in [0.1, 0.15) is 12.8 Å². The zero-order valence-corrected chi connectivity index (χ0v) is 14.1. The van der Waals surface area contributed by atoms with Crippen LogP contribution in [-0.4, -0.2) is 38.6 Å². The number of piperidine rings is 1.